The van der Waals surface area contributed by atoms with Crippen molar-refractivity contribution in [2.45, 2.75) is 38.5 Å². The van der Waals surface area contributed by atoms with E-state index in [1.165, 1.54) is 0 Å². The van der Waals surface area contributed by atoms with Gasteiger partial charge in [-0.2, -0.15) is 10.4 Å². The van der Waals surface area contributed by atoms with Gasteiger partial charge in [0.25, 0.3) is 5.56 Å². The van der Waals surface area contributed by atoms with E-state index < -0.39 is 0 Å². The molecule has 1 unspecified atom stereocenters. The first-order valence-corrected chi connectivity index (χ1v) is 8.55. The minimum Gasteiger partial charge on any atom is -0.376 e. The second-order valence-electron chi connectivity index (χ2n) is 6.45. The van der Waals surface area contributed by atoms with Gasteiger partial charge in [-0.3, -0.25) is 4.79 Å². The second kappa shape index (κ2) is 6.65. The highest BCUT2D eigenvalue weighted by atomic mass is 16.5. The van der Waals surface area contributed by atoms with E-state index in [0.717, 1.165) is 42.9 Å². The maximum Gasteiger partial charge on any atom is 0.267 e. The molecule has 7 heteroatoms. The number of aromatic nitrogens is 3. The van der Waals surface area contributed by atoms with Gasteiger partial charge in [-0.15, -0.1) is 0 Å². The number of hydrogen-bond acceptors (Lipinski definition) is 6. The van der Waals surface area contributed by atoms with Crippen molar-refractivity contribution in [3.63, 3.8) is 0 Å². The van der Waals surface area contributed by atoms with Crippen molar-refractivity contribution in [3.05, 3.63) is 51.6 Å². The van der Waals surface area contributed by atoms with Crippen molar-refractivity contribution in [2.75, 3.05) is 18.1 Å². The molecule has 2 aromatic rings. The van der Waals surface area contributed by atoms with Gasteiger partial charge < -0.3 is 9.64 Å². The van der Waals surface area contributed by atoms with Crippen LogP contribution < -0.4 is 10.5 Å². The van der Waals surface area contributed by atoms with Gasteiger partial charge in [0.05, 0.1) is 37.1 Å². The molecule has 0 spiro atoms. The van der Waals surface area contributed by atoms with Crippen LogP contribution in [-0.4, -0.2) is 34.0 Å². The zero-order valence-electron chi connectivity index (χ0n) is 13.9. The fourth-order valence-corrected chi connectivity index (χ4v) is 3.53. The van der Waals surface area contributed by atoms with E-state index in [1.54, 1.807) is 23.0 Å². The smallest absolute Gasteiger partial charge is 0.267 e. The summed E-state index contributed by atoms with van der Waals surface area (Å²) >= 11 is 0. The first-order valence-electron chi connectivity index (χ1n) is 8.55. The standard InChI is InChI=1S/C18H19N5O2/c19-9-13-3-4-17(20-10-13)22-6-1-2-15(22)11-23-18(24)8-14-12-25-7-5-16(14)21-23/h3-4,8,10,15H,1-2,5-7,11-12H2. The molecule has 2 aliphatic rings. The van der Waals surface area contributed by atoms with E-state index >= 15 is 0 Å². The average molecular weight is 337 g/mol. The van der Waals surface area contributed by atoms with Crippen molar-refractivity contribution in [1.82, 2.24) is 14.8 Å². The Labute approximate surface area is 145 Å². The van der Waals surface area contributed by atoms with Crippen LogP contribution in [0.1, 0.15) is 29.7 Å². The third-order valence-electron chi connectivity index (χ3n) is 4.84. The predicted molar refractivity (Wildman–Crippen MR) is 91.2 cm³/mol. The predicted octanol–water partition coefficient (Wildman–Crippen LogP) is 1.25. The van der Waals surface area contributed by atoms with Gasteiger partial charge in [-0.25, -0.2) is 9.67 Å². The highest BCUT2D eigenvalue weighted by Crippen LogP contribution is 2.24. The van der Waals surface area contributed by atoms with E-state index in [2.05, 4.69) is 21.1 Å². The number of nitrogens with zero attached hydrogens (tertiary/aromatic N) is 5. The van der Waals surface area contributed by atoms with Crippen LogP contribution in [0.2, 0.25) is 0 Å². The maximum absolute atomic E-state index is 12.4. The molecule has 1 fully saturated rings. The molecule has 0 aromatic carbocycles. The molecule has 0 bridgehead atoms. The van der Waals surface area contributed by atoms with Crippen molar-refractivity contribution >= 4 is 5.82 Å². The van der Waals surface area contributed by atoms with E-state index in [9.17, 15) is 4.79 Å². The summed E-state index contributed by atoms with van der Waals surface area (Å²) in [6, 6.07) is 7.57. The Kier molecular flexibility index (Phi) is 4.20. The van der Waals surface area contributed by atoms with Crippen LogP contribution in [0, 0.1) is 11.3 Å². The van der Waals surface area contributed by atoms with Gasteiger partial charge in [-0.1, -0.05) is 0 Å². The van der Waals surface area contributed by atoms with Crippen molar-refractivity contribution < 1.29 is 4.74 Å². The molecule has 4 heterocycles. The van der Waals surface area contributed by atoms with Crippen molar-refractivity contribution in [3.8, 4) is 6.07 Å². The third-order valence-corrected chi connectivity index (χ3v) is 4.84. The first-order chi connectivity index (χ1) is 12.2. The number of rotatable bonds is 3. The summed E-state index contributed by atoms with van der Waals surface area (Å²) in [5.41, 5.74) is 2.34. The van der Waals surface area contributed by atoms with Crippen LogP contribution in [0.25, 0.3) is 0 Å². The SMILES string of the molecule is N#Cc1ccc(N2CCCC2Cn2nc3c(cc2=O)COCC3)nc1. The third kappa shape index (κ3) is 3.13. The Balaban J connectivity index is 1.57. The van der Waals surface area contributed by atoms with Gasteiger partial charge in [0.1, 0.15) is 11.9 Å². The molecule has 7 nitrogen and oxygen atoms in total. The topological polar surface area (TPSA) is 84.0 Å². The first kappa shape index (κ1) is 15.8. The van der Waals surface area contributed by atoms with Crippen LogP contribution >= 0.6 is 0 Å². The van der Waals surface area contributed by atoms with Crippen LogP contribution in [0.5, 0.6) is 0 Å². The summed E-state index contributed by atoms with van der Waals surface area (Å²) in [4.78, 5) is 19.0. The lowest BCUT2D eigenvalue weighted by Gasteiger charge is -2.26. The Hall–Kier alpha value is -2.72. The number of nitriles is 1. The van der Waals surface area contributed by atoms with Crippen molar-refractivity contribution in [2.24, 2.45) is 0 Å². The zero-order valence-corrected chi connectivity index (χ0v) is 13.9. The fourth-order valence-electron chi connectivity index (χ4n) is 3.53. The fraction of sp³-hybridized carbons (Fsp3) is 0.444. The summed E-state index contributed by atoms with van der Waals surface area (Å²) in [5, 5.41) is 13.5. The molecule has 128 valence electrons. The van der Waals surface area contributed by atoms with Gasteiger partial charge in [0, 0.05) is 30.8 Å². The highest BCUT2D eigenvalue weighted by Gasteiger charge is 2.27. The summed E-state index contributed by atoms with van der Waals surface area (Å²) in [6.45, 7) is 2.58. The van der Waals surface area contributed by atoms with E-state index in [4.69, 9.17) is 10.00 Å². The Morgan fingerprint density at radius 2 is 2.32 bits per heavy atom. The molecule has 2 aliphatic heterocycles. The highest BCUT2D eigenvalue weighted by molar-refractivity contribution is 5.43. The van der Waals surface area contributed by atoms with Crippen LogP contribution in [0.15, 0.2) is 29.2 Å². The lowest BCUT2D eigenvalue weighted by Crippen LogP contribution is -2.38. The molecular formula is C18H19N5O2. The molecule has 25 heavy (non-hydrogen) atoms. The van der Waals surface area contributed by atoms with Crippen LogP contribution in [-0.2, 0) is 24.3 Å². The zero-order chi connectivity index (χ0) is 17.2. The molecular weight excluding hydrogens is 318 g/mol. The maximum atomic E-state index is 12.4. The minimum absolute atomic E-state index is 0.0797. The number of pyridine rings is 1. The average Bonchev–Trinajstić information content (AvgIpc) is 3.10. The largest absolute Gasteiger partial charge is 0.376 e. The summed E-state index contributed by atoms with van der Waals surface area (Å²) in [5.74, 6) is 0.848. The van der Waals surface area contributed by atoms with Gasteiger partial charge in [-0.05, 0) is 25.0 Å². The van der Waals surface area contributed by atoms with E-state index in [0.29, 0.717) is 25.3 Å². The monoisotopic (exact) mass is 337 g/mol. The Bertz CT molecular complexity index is 869. The van der Waals surface area contributed by atoms with Crippen LogP contribution in [0.4, 0.5) is 5.82 Å². The summed E-state index contributed by atoms with van der Waals surface area (Å²) < 4.78 is 6.97. The Morgan fingerprint density at radius 1 is 1.40 bits per heavy atom. The van der Waals surface area contributed by atoms with E-state index in [-0.39, 0.29) is 11.6 Å². The van der Waals surface area contributed by atoms with Gasteiger partial charge >= 0.3 is 0 Å². The minimum atomic E-state index is -0.0797. The molecule has 0 amide bonds. The molecule has 1 saturated heterocycles. The second-order valence-corrected chi connectivity index (χ2v) is 6.45. The van der Waals surface area contributed by atoms with E-state index in [1.807, 2.05) is 6.07 Å². The quantitative estimate of drug-likeness (QED) is 0.838. The van der Waals surface area contributed by atoms with Crippen molar-refractivity contribution in [1.29, 1.82) is 5.26 Å². The normalized spacial score (nSPS) is 19.5. The molecule has 1 atom stereocenters. The van der Waals surface area contributed by atoms with Gasteiger partial charge in [0.15, 0.2) is 0 Å². The Morgan fingerprint density at radius 3 is 3.12 bits per heavy atom. The number of hydrogen-bond donors (Lipinski definition) is 0. The summed E-state index contributed by atoms with van der Waals surface area (Å²) in [7, 11) is 0. The van der Waals surface area contributed by atoms with Crippen LogP contribution in [0.3, 0.4) is 0 Å². The molecule has 0 N–H and O–H groups in total. The number of ether oxygens (including phenoxy) is 1. The number of anilines is 1. The lowest BCUT2D eigenvalue weighted by molar-refractivity contribution is 0.108. The molecule has 4 rings (SSSR count). The molecule has 2 aromatic heterocycles. The molecule has 0 radical (unpaired) electrons. The lowest BCUT2D eigenvalue weighted by atomic mass is 10.1. The number of fused-ring (bicyclic) bond motifs is 1. The summed E-state index contributed by atoms with van der Waals surface area (Å²) in [6.07, 6.45) is 4.39. The molecule has 0 saturated carbocycles. The molecule has 0 aliphatic carbocycles. The van der Waals surface area contributed by atoms with Gasteiger partial charge in [0.2, 0.25) is 0 Å².